The molecule has 0 atom stereocenters. The first-order valence-corrected chi connectivity index (χ1v) is 6.59. The van der Waals surface area contributed by atoms with Crippen LogP contribution in [-0.2, 0) is 0 Å². The van der Waals surface area contributed by atoms with Gasteiger partial charge in [-0.25, -0.2) is 4.39 Å². The van der Waals surface area contributed by atoms with E-state index in [1.807, 2.05) is 13.8 Å². The van der Waals surface area contributed by atoms with Gasteiger partial charge in [-0.15, -0.1) is 0 Å². The molecule has 0 fully saturated rings. The van der Waals surface area contributed by atoms with Gasteiger partial charge < -0.3 is 15.8 Å². The number of halogens is 1. The average Bonchev–Trinajstić information content (AvgIpc) is 2.42. The Hall–Kier alpha value is -2.56. The van der Waals surface area contributed by atoms with Crippen LogP contribution in [0.15, 0.2) is 42.5 Å². The molecule has 0 aliphatic heterocycles. The molecule has 0 unspecified atom stereocenters. The van der Waals surface area contributed by atoms with E-state index in [0.29, 0.717) is 17.0 Å². The van der Waals surface area contributed by atoms with Gasteiger partial charge in [0.05, 0.1) is 17.4 Å². The molecule has 110 valence electrons. The number of para-hydroxylation sites is 1. The third-order valence-electron chi connectivity index (χ3n) is 2.73. The highest BCUT2D eigenvalue weighted by atomic mass is 19.1. The summed E-state index contributed by atoms with van der Waals surface area (Å²) >= 11 is 0. The number of nitrogens with one attached hydrogen (secondary N) is 1. The fourth-order valence-electron chi connectivity index (χ4n) is 1.84. The number of benzene rings is 2. The van der Waals surface area contributed by atoms with Crippen molar-refractivity contribution in [1.82, 2.24) is 0 Å². The van der Waals surface area contributed by atoms with Gasteiger partial charge in [0.1, 0.15) is 11.6 Å². The van der Waals surface area contributed by atoms with E-state index in [4.69, 9.17) is 10.5 Å². The largest absolute Gasteiger partial charge is 0.490 e. The van der Waals surface area contributed by atoms with Crippen molar-refractivity contribution in [2.24, 2.45) is 0 Å². The molecule has 5 heteroatoms. The third-order valence-corrected chi connectivity index (χ3v) is 2.73. The average molecular weight is 288 g/mol. The molecule has 4 nitrogen and oxygen atoms in total. The zero-order chi connectivity index (χ0) is 15.4. The van der Waals surface area contributed by atoms with Gasteiger partial charge in [-0.2, -0.15) is 0 Å². The topological polar surface area (TPSA) is 64.3 Å². The van der Waals surface area contributed by atoms with Crippen molar-refractivity contribution >= 4 is 17.3 Å². The van der Waals surface area contributed by atoms with Crippen LogP contribution in [0.2, 0.25) is 0 Å². The molecule has 2 aromatic carbocycles. The summed E-state index contributed by atoms with van der Waals surface area (Å²) in [7, 11) is 0. The van der Waals surface area contributed by atoms with Crippen LogP contribution >= 0.6 is 0 Å². The molecular formula is C16H17FN2O2. The van der Waals surface area contributed by atoms with E-state index in [1.165, 1.54) is 18.2 Å². The quantitative estimate of drug-likeness (QED) is 0.847. The molecular weight excluding hydrogens is 271 g/mol. The van der Waals surface area contributed by atoms with Gasteiger partial charge in [0.2, 0.25) is 0 Å². The lowest BCUT2D eigenvalue weighted by molar-refractivity contribution is 0.102. The zero-order valence-corrected chi connectivity index (χ0v) is 11.9. The summed E-state index contributed by atoms with van der Waals surface area (Å²) in [6.45, 7) is 3.73. The van der Waals surface area contributed by atoms with Crippen LogP contribution in [0.25, 0.3) is 0 Å². The van der Waals surface area contributed by atoms with Crippen LogP contribution in [0.5, 0.6) is 5.75 Å². The first-order chi connectivity index (χ1) is 9.97. The lowest BCUT2D eigenvalue weighted by Crippen LogP contribution is -2.16. The van der Waals surface area contributed by atoms with Gasteiger partial charge in [-0.1, -0.05) is 12.1 Å². The summed E-state index contributed by atoms with van der Waals surface area (Å²) in [5.74, 6) is -0.537. The molecule has 1 amide bonds. The van der Waals surface area contributed by atoms with E-state index in [1.54, 1.807) is 24.3 Å². The predicted molar refractivity (Wildman–Crippen MR) is 81.0 cm³/mol. The maximum absolute atomic E-state index is 13.7. The Morgan fingerprint density at radius 2 is 1.95 bits per heavy atom. The van der Waals surface area contributed by atoms with E-state index < -0.39 is 11.7 Å². The van der Waals surface area contributed by atoms with Crippen molar-refractivity contribution in [2.75, 3.05) is 11.1 Å². The molecule has 0 aromatic heterocycles. The van der Waals surface area contributed by atoms with E-state index >= 15 is 0 Å². The summed E-state index contributed by atoms with van der Waals surface area (Å²) < 4.78 is 19.2. The smallest absolute Gasteiger partial charge is 0.259 e. The monoisotopic (exact) mass is 288 g/mol. The van der Waals surface area contributed by atoms with Crippen LogP contribution in [0.1, 0.15) is 24.2 Å². The third kappa shape index (κ3) is 3.72. The van der Waals surface area contributed by atoms with Crippen LogP contribution < -0.4 is 15.8 Å². The van der Waals surface area contributed by atoms with Crippen molar-refractivity contribution in [2.45, 2.75) is 20.0 Å². The lowest BCUT2D eigenvalue weighted by atomic mass is 10.1. The molecule has 0 heterocycles. The molecule has 0 aliphatic rings. The van der Waals surface area contributed by atoms with Crippen molar-refractivity contribution in [3.63, 3.8) is 0 Å². The fourth-order valence-corrected chi connectivity index (χ4v) is 1.84. The number of nitrogens with two attached hydrogens (primary N) is 1. The summed E-state index contributed by atoms with van der Waals surface area (Å²) in [4.78, 5) is 12.3. The van der Waals surface area contributed by atoms with Crippen LogP contribution in [0.3, 0.4) is 0 Å². The Kier molecular flexibility index (Phi) is 4.42. The number of hydrogen-bond acceptors (Lipinski definition) is 3. The highest BCUT2D eigenvalue weighted by molar-refractivity contribution is 6.06. The Labute approximate surface area is 122 Å². The van der Waals surface area contributed by atoms with Gasteiger partial charge in [0, 0.05) is 5.69 Å². The Morgan fingerprint density at radius 3 is 2.67 bits per heavy atom. The molecule has 21 heavy (non-hydrogen) atoms. The Balaban J connectivity index is 2.26. The van der Waals surface area contributed by atoms with E-state index in [9.17, 15) is 9.18 Å². The molecule has 0 spiro atoms. The minimum atomic E-state index is -0.542. The highest BCUT2D eigenvalue weighted by Gasteiger charge is 2.15. The Morgan fingerprint density at radius 1 is 1.24 bits per heavy atom. The maximum atomic E-state index is 13.7. The van der Waals surface area contributed by atoms with Crippen molar-refractivity contribution in [3.05, 3.63) is 53.8 Å². The van der Waals surface area contributed by atoms with Crippen LogP contribution in [0, 0.1) is 5.82 Å². The molecule has 0 saturated carbocycles. The van der Waals surface area contributed by atoms with E-state index in [0.717, 1.165) is 0 Å². The van der Waals surface area contributed by atoms with Gasteiger partial charge in [-0.05, 0) is 44.2 Å². The summed E-state index contributed by atoms with van der Waals surface area (Å²) in [5, 5.41) is 2.51. The molecule has 0 bridgehead atoms. The minimum absolute atomic E-state index is 0.0411. The molecule has 2 aromatic rings. The summed E-state index contributed by atoms with van der Waals surface area (Å²) in [6.07, 6.45) is -0.0666. The predicted octanol–water partition coefficient (Wildman–Crippen LogP) is 3.45. The van der Waals surface area contributed by atoms with Gasteiger partial charge in [0.25, 0.3) is 5.91 Å². The second kappa shape index (κ2) is 6.26. The molecule has 2 rings (SSSR count). The Bertz CT molecular complexity index is 656. The minimum Gasteiger partial charge on any atom is -0.490 e. The fraction of sp³-hybridized carbons (Fsp3) is 0.188. The normalized spacial score (nSPS) is 10.5. The first-order valence-electron chi connectivity index (χ1n) is 6.59. The number of rotatable bonds is 4. The van der Waals surface area contributed by atoms with Crippen molar-refractivity contribution in [3.8, 4) is 5.75 Å². The first kappa shape index (κ1) is 14.8. The number of nitrogen functional groups attached to an aromatic ring is 1. The van der Waals surface area contributed by atoms with Crippen LogP contribution in [-0.4, -0.2) is 12.0 Å². The number of carbonyl (C=O) groups excluding carboxylic acids is 1. The number of amides is 1. The second-order valence-electron chi connectivity index (χ2n) is 4.86. The van der Waals surface area contributed by atoms with Crippen molar-refractivity contribution < 1.29 is 13.9 Å². The van der Waals surface area contributed by atoms with Gasteiger partial charge in [-0.3, -0.25) is 4.79 Å². The molecule has 0 radical (unpaired) electrons. The highest BCUT2D eigenvalue weighted by Crippen LogP contribution is 2.23. The lowest BCUT2D eigenvalue weighted by Gasteiger charge is -2.14. The molecule has 0 aliphatic carbocycles. The number of hydrogen-bond donors (Lipinski definition) is 2. The number of carbonyl (C=O) groups is 1. The van der Waals surface area contributed by atoms with Crippen LogP contribution in [0.4, 0.5) is 15.8 Å². The molecule has 0 saturated heterocycles. The SMILES string of the molecule is CC(C)Oc1ccccc1C(=O)Nc1cc(N)ccc1F. The summed E-state index contributed by atoms with van der Waals surface area (Å²) in [5.41, 5.74) is 6.35. The zero-order valence-electron chi connectivity index (χ0n) is 11.9. The molecule has 3 N–H and O–H groups in total. The maximum Gasteiger partial charge on any atom is 0.259 e. The van der Waals surface area contributed by atoms with Gasteiger partial charge >= 0.3 is 0 Å². The second-order valence-corrected chi connectivity index (χ2v) is 4.86. The van der Waals surface area contributed by atoms with E-state index in [-0.39, 0.29) is 11.8 Å². The van der Waals surface area contributed by atoms with E-state index in [2.05, 4.69) is 5.32 Å². The van der Waals surface area contributed by atoms with Crippen molar-refractivity contribution in [1.29, 1.82) is 0 Å². The summed E-state index contributed by atoms with van der Waals surface area (Å²) in [6, 6.07) is 10.8. The van der Waals surface area contributed by atoms with Gasteiger partial charge in [0.15, 0.2) is 0 Å². The number of anilines is 2. The standard InChI is InChI=1S/C16H17FN2O2/c1-10(2)21-15-6-4-3-5-12(15)16(20)19-14-9-11(18)7-8-13(14)17/h3-10H,18H2,1-2H3,(H,19,20). The number of ether oxygens (including phenoxy) is 1.